The second kappa shape index (κ2) is 6.80. The Morgan fingerprint density at radius 1 is 1.14 bits per heavy atom. The molecular weight excluding hydrogens is 371 g/mol. The highest BCUT2D eigenvalue weighted by atomic mass is 19.4. The Kier molecular flexibility index (Phi) is 4.30. The van der Waals surface area contributed by atoms with E-state index in [-0.39, 0.29) is 11.1 Å². The maximum Gasteiger partial charge on any atom is 0.417 e. The smallest absolute Gasteiger partial charge is 0.396 e. The van der Waals surface area contributed by atoms with Crippen LogP contribution in [0.5, 0.6) is 0 Å². The summed E-state index contributed by atoms with van der Waals surface area (Å²) in [4.78, 5) is 19.2. The molecule has 0 aliphatic rings. The summed E-state index contributed by atoms with van der Waals surface area (Å²) in [6.45, 7) is 0.435. The molecule has 4 aromatic rings. The first-order valence-corrected chi connectivity index (χ1v) is 8.22. The zero-order valence-corrected chi connectivity index (χ0v) is 14.3. The molecule has 142 valence electrons. The monoisotopic (exact) mass is 385 g/mol. The summed E-state index contributed by atoms with van der Waals surface area (Å²) in [5, 5.41) is 3.33. The van der Waals surface area contributed by atoms with Crippen LogP contribution in [0.2, 0.25) is 0 Å². The van der Waals surface area contributed by atoms with Gasteiger partial charge in [-0.1, -0.05) is 6.07 Å². The van der Waals surface area contributed by atoms with Crippen LogP contribution >= 0.6 is 0 Å². The fourth-order valence-electron chi connectivity index (χ4n) is 2.73. The summed E-state index contributed by atoms with van der Waals surface area (Å²) >= 11 is 0. The van der Waals surface area contributed by atoms with Crippen LogP contribution in [-0.4, -0.2) is 24.9 Å². The third-order valence-corrected chi connectivity index (χ3v) is 4.10. The maximum absolute atomic E-state index is 13.0. The van der Waals surface area contributed by atoms with Gasteiger partial charge in [0.25, 0.3) is 0 Å². The lowest BCUT2D eigenvalue weighted by Crippen LogP contribution is -2.06. The molecule has 28 heavy (non-hydrogen) atoms. The van der Waals surface area contributed by atoms with Crippen molar-refractivity contribution < 1.29 is 13.2 Å². The molecule has 4 heterocycles. The number of halogens is 3. The van der Waals surface area contributed by atoms with Gasteiger partial charge in [-0.2, -0.15) is 13.2 Å². The Morgan fingerprint density at radius 3 is 2.75 bits per heavy atom. The quantitative estimate of drug-likeness (QED) is 0.495. The highest BCUT2D eigenvalue weighted by molar-refractivity contribution is 5.95. The Labute approximate surface area is 156 Å². The van der Waals surface area contributed by atoms with E-state index in [1.165, 1.54) is 12.4 Å². The van der Waals surface area contributed by atoms with Gasteiger partial charge < -0.3 is 16.0 Å². The van der Waals surface area contributed by atoms with Crippen molar-refractivity contribution in [1.82, 2.24) is 24.9 Å². The van der Waals surface area contributed by atoms with Gasteiger partial charge in [0.15, 0.2) is 0 Å². The van der Waals surface area contributed by atoms with Crippen molar-refractivity contribution in [2.75, 3.05) is 11.1 Å². The molecule has 4 rings (SSSR count). The van der Waals surface area contributed by atoms with Gasteiger partial charge in [0.05, 0.1) is 17.4 Å². The lowest BCUT2D eigenvalue weighted by molar-refractivity contribution is -0.137. The van der Waals surface area contributed by atoms with E-state index in [1.54, 1.807) is 12.4 Å². The Hall–Kier alpha value is -3.69. The number of hydrogen-bond donors (Lipinski definition) is 3. The number of H-pyrrole nitrogens is 1. The molecule has 0 saturated carbocycles. The van der Waals surface area contributed by atoms with Gasteiger partial charge in [0.2, 0.25) is 5.95 Å². The molecule has 0 aliphatic heterocycles. The molecule has 0 spiro atoms. The number of alkyl halides is 3. The van der Waals surface area contributed by atoms with Crippen LogP contribution in [0, 0.1) is 0 Å². The molecule has 7 nitrogen and oxygen atoms in total. The predicted molar refractivity (Wildman–Crippen MR) is 98.1 cm³/mol. The molecule has 0 radical (unpaired) electrons. The van der Waals surface area contributed by atoms with Gasteiger partial charge in [-0.3, -0.25) is 4.98 Å². The molecular formula is C18H14F3N7. The van der Waals surface area contributed by atoms with Gasteiger partial charge in [-0.05, 0) is 17.7 Å². The lowest BCUT2D eigenvalue weighted by atomic mass is 10.1. The van der Waals surface area contributed by atoms with E-state index in [0.29, 0.717) is 29.4 Å². The highest BCUT2D eigenvalue weighted by Crippen LogP contribution is 2.35. The average Bonchev–Trinajstić information content (AvgIpc) is 3.10. The summed E-state index contributed by atoms with van der Waals surface area (Å²) in [7, 11) is 0. The number of aromatic nitrogens is 5. The standard InChI is InChI=1S/C18H14F3N7/c19-18(20,21)11-4-12-13(8-25-16(12)24-7-11)15-14(22)9-27-17(28-15)26-6-10-2-1-3-23-5-10/h1-5,7-9H,6,22H2,(H,24,25)(H,26,27,28). The lowest BCUT2D eigenvalue weighted by Gasteiger charge is -2.09. The van der Waals surface area contributed by atoms with Crippen LogP contribution in [0.15, 0.2) is 49.2 Å². The van der Waals surface area contributed by atoms with E-state index in [9.17, 15) is 13.2 Å². The van der Waals surface area contributed by atoms with Gasteiger partial charge in [0.1, 0.15) is 11.3 Å². The summed E-state index contributed by atoms with van der Waals surface area (Å²) in [6, 6.07) is 4.73. The van der Waals surface area contributed by atoms with Crippen molar-refractivity contribution in [2.45, 2.75) is 12.7 Å². The Morgan fingerprint density at radius 2 is 2.00 bits per heavy atom. The first-order valence-electron chi connectivity index (χ1n) is 8.22. The number of nitrogens with one attached hydrogen (secondary N) is 2. The van der Waals surface area contributed by atoms with E-state index >= 15 is 0 Å². The average molecular weight is 385 g/mol. The molecule has 0 aromatic carbocycles. The summed E-state index contributed by atoms with van der Waals surface area (Å²) in [6.07, 6.45) is 2.60. The summed E-state index contributed by atoms with van der Waals surface area (Å²) in [5.41, 5.74) is 7.35. The van der Waals surface area contributed by atoms with Crippen molar-refractivity contribution in [3.8, 4) is 11.3 Å². The second-order valence-corrected chi connectivity index (χ2v) is 6.03. The van der Waals surface area contributed by atoms with Crippen molar-refractivity contribution in [1.29, 1.82) is 0 Å². The molecule has 0 bridgehead atoms. The van der Waals surface area contributed by atoms with Crippen LogP contribution in [-0.2, 0) is 12.7 Å². The first kappa shape index (κ1) is 17.7. The molecule has 0 amide bonds. The van der Waals surface area contributed by atoms with E-state index in [2.05, 4.69) is 30.2 Å². The topological polar surface area (TPSA) is 105 Å². The zero-order chi connectivity index (χ0) is 19.7. The van der Waals surface area contributed by atoms with E-state index < -0.39 is 11.7 Å². The van der Waals surface area contributed by atoms with Crippen LogP contribution in [0.4, 0.5) is 24.8 Å². The van der Waals surface area contributed by atoms with Crippen LogP contribution < -0.4 is 11.1 Å². The predicted octanol–water partition coefficient (Wildman–Crippen LogP) is 3.63. The number of pyridine rings is 2. The molecule has 0 saturated heterocycles. The largest absolute Gasteiger partial charge is 0.417 e. The molecule has 0 aliphatic carbocycles. The molecule has 0 unspecified atom stereocenters. The van der Waals surface area contributed by atoms with Crippen LogP contribution in [0.3, 0.4) is 0 Å². The van der Waals surface area contributed by atoms with Crippen molar-refractivity contribution >= 4 is 22.7 Å². The van der Waals surface area contributed by atoms with Gasteiger partial charge in [0, 0.05) is 42.3 Å². The Bertz CT molecular complexity index is 1120. The van der Waals surface area contributed by atoms with Gasteiger partial charge >= 0.3 is 6.18 Å². The van der Waals surface area contributed by atoms with E-state index in [1.807, 2.05) is 12.1 Å². The van der Waals surface area contributed by atoms with Crippen molar-refractivity contribution in [3.05, 3.63) is 60.3 Å². The summed E-state index contributed by atoms with van der Waals surface area (Å²) in [5.74, 6) is 0.294. The number of anilines is 2. The van der Waals surface area contributed by atoms with E-state index in [0.717, 1.165) is 17.8 Å². The number of nitrogens with zero attached hydrogens (tertiary/aromatic N) is 4. The highest BCUT2D eigenvalue weighted by Gasteiger charge is 2.31. The minimum atomic E-state index is -4.50. The number of rotatable bonds is 4. The number of nitrogens with two attached hydrogens (primary N) is 1. The minimum absolute atomic E-state index is 0.241. The van der Waals surface area contributed by atoms with Crippen molar-refractivity contribution in [2.24, 2.45) is 0 Å². The van der Waals surface area contributed by atoms with Gasteiger partial charge in [-0.15, -0.1) is 0 Å². The van der Waals surface area contributed by atoms with Gasteiger partial charge in [-0.25, -0.2) is 15.0 Å². The maximum atomic E-state index is 13.0. The second-order valence-electron chi connectivity index (χ2n) is 6.03. The van der Waals surface area contributed by atoms with Crippen LogP contribution in [0.25, 0.3) is 22.3 Å². The van der Waals surface area contributed by atoms with Crippen molar-refractivity contribution in [3.63, 3.8) is 0 Å². The fraction of sp³-hybridized carbons (Fsp3) is 0.111. The first-order chi connectivity index (χ1) is 13.4. The van der Waals surface area contributed by atoms with E-state index in [4.69, 9.17) is 5.73 Å². The number of nitrogen functional groups attached to an aromatic ring is 1. The molecule has 0 atom stereocenters. The molecule has 0 fully saturated rings. The third-order valence-electron chi connectivity index (χ3n) is 4.10. The molecule has 10 heteroatoms. The van der Waals surface area contributed by atoms with Crippen LogP contribution in [0.1, 0.15) is 11.1 Å². The fourth-order valence-corrected chi connectivity index (χ4v) is 2.73. The number of aromatic amines is 1. The zero-order valence-electron chi connectivity index (χ0n) is 14.3. The number of fused-ring (bicyclic) bond motifs is 1. The minimum Gasteiger partial charge on any atom is -0.396 e. The molecule has 4 aromatic heterocycles. The number of hydrogen-bond acceptors (Lipinski definition) is 6. The molecule has 4 N–H and O–H groups in total. The normalized spacial score (nSPS) is 11.7. The third kappa shape index (κ3) is 3.43. The SMILES string of the molecule is Nc1cnc(NCc2cccnc2)nc1-c1c[nH]c2ncc(C(F)(F)F)cc12. The Balaban J connectivity index is 1.70. The summed E-state index contributed by atoms with van der Waals surface area (Å²) < 4.78 is 39.1.